The van der Waals surface area contributed by atoms with E-state index in [1.54, 1.807) is 26.4 Å². The Kier molecular flexibility index (Phi) is 4.82. The molecule has 0 aliphatic carbocycles. The lowest BCUT2D eigenvalue weighted by Gasteiger charge is -2.14. The number of carbonyl (C=O) groups is 1. The third kappa shape index (κ3) is 2.90. The Balaban J connectivity index is 3.34. The third-order valence-corrected chi connectivity index (χ3v) is 2.54. The molecule has 0 saturated heterocycles. The largest absolute Gasteiger partial charge is 0.497 e. The minimum atomic E-state index is -0.370. The van der Waals surface area contributed by atoms with Crippen LogP contribution in [0.15, 0.2) is 12.1 Å². The van der Waals surface area contributed by atoms with Crippen LogP contribution in [0, 0.1) is 0 Å². The molecule has 0 unspecified atom stereocenters. The lowest BCUT2D eigenvalue weighted by Crippen LogP contribution is -2.08. The standard InChI is InChI=1S/C13H18O4/c1-5-6-10-11(13(14)17-4)7-9(15-2)8-12(10)16-3/h7-8H,5-6H2,1-4H3. The molecule has 1 aromatic carbocycles. The first-order valence-electron chi connectivity index (χ1n) is 5.51. The van der Waals surface area contributed by atoms with E-state index in [1.807, 2.05) is 6.92 Å². The van der Waals surface area contributed by atoms with Crippen molar-refractivity contribution in [3.63, 3.8) is 0 Å². The molecule has 0 aliphatic heterocycles. The highest BCUT2D eigenvalue weighted by Crippen LogP contribution is 2.30. The fraction of sp³-hybridized carbons (Fsp3) is 0.462. The number of esters is 1. The van der Waals surface area contributed by atoms with Gasteiger partial charge >= 0.3 is 5.97 Å². The minimum absolute atomic E-state index is 0.370. The van der Waals surface area contributed by atoms with Crippen LogP contribution in [0.2, 0.25) is 0 Å². The van der Waals surface area contributed by atoms with Crippen molar-refractivity contribution in [2.75, 3.05) is 21.3 Å². The van der Waals surface area contributed by atoms with E-state index in [2.05, 4.69) is 0 Å². The number of carbonyl (C=O) groups excluding carboxylic acids is 1. The Morgan fingerprint density at radius 2 is 1.88 bits per heavy atom. The van der Waals surface area contributed by atoms with Crippen LogP contribution in [0.25, 0.3) is 0 Å². The van der Waals surface area contributed by atoms with Crippen LogP contribution in [0.4, 0.5) is 0 Å². The molecule has 0 saturated carbocycles. The van der Waals surface area contributed by atoms with E-state index in [0.717, 1.165) is 18.4 Å². The Labute approximate surface area is 101 Å². The highest BCUT2D eigenvalue weighted by atomic mass is 16.5. The van der Waals surface area contributed by atoms with E-state index in [9.17, 15) is 4.79 Å². The molecular formula is C13H18O4. The van der Waals surface area contributed by atoms with Crippen LogP contribution < -0.4 is 9.47 Å². The summed E-state index contributed by atoms with van der Waals surface area (Å²) in [5, 5.41) is 0. The van der Waals surface area contributed by atoms with Gasteiger partial charge in [-0.3, -0.25) is 0 Å². The van der Waals surface area contributed by atoms with E-state index in [1.165, 1.54) is 7.11 Å². The van der Waals surface area contributed by atoms with Crippen molar-refractivity contribution < 1.29 is 19.0 Å². The molecule has 1 aromatic rings. The summed E-state index contributed by atoms with van der Waals surface area (Å²) in [6, 6.07) is 3.46. The first-order chi connectivity index (χ1) is 8.17. The summed E-state index contributed by atoms with van der Waals surface area (Å²) >= 11 is 0. The van der Waals surface area contributed by atoms with Crippen LogP contribution in [0.5, 0.6) is 11.5 Å². The zero-order chi connectivity index (χ0) is 12.8. The van der Waals surface area contributed by atoms with Gasteiger partial charge in [0.2, 0.25) is 0 Å². The quantitative estimate of drug-likeness (QED) is 0.739. The Bertz CT molecular complexity index is 399. The SMILES string of the molecule is CCCc1c(OC)cc(OC)cc1C(=O)OC. The molecule has 0 bridgehead atoms. The summed E-state index contributed by atoms with van der Waals surface area (Å²) in [5.41, 5.74) is 1.37. The molecule has 94 valence electrons. The molecule has 0 spiro atoms. The molecule has 4 heteroatoms. The summed E-state index contributed by atoms with van der Waals surface area (Å²) in [6.45, 7) is 2.05. The fourth-order valence-electron chi connectivity index (χ4n) is 1.72. The van der Waals surface area contributed by atoms with Crippen molar-refractivity contribution >= 4 is 5.97 Å². The number of benzene rings is 1. The summed E-state index contributed by atoms with van der Waals surface area (Å²) in [6.07, 6.45) is 1.68. The molecule has 0 radical (unpaired) electrons. The van der Waals surface area contributed by atoms with Gasteiger partial charge in [-0.25, -0.2) is 4.79 Å². The summed E-state index contributed by atoms with van der Waals surface area (Å²) in [4.78, 5) is 11.7. The summed E-state index contributed by atoms with van der Waals surface area (Å²) in [5.74, 6) is 0.874. The van der Waals surface area contributed by atoms with Gasteiger partial charge in [-0.1, -0.05) is 13.3 Å². The molecule has 0 aliphatic rings. The van der Waals surface area contributed by atoms with Crippen LogP contribution in [-0.4, -0.2) is 27.3 Å². The van der Waals surface area contributed by atoms with Gasteiger partial charge in [0.1, 0.15) is 11.5 Å². The van der Waals surface area contributed by atoms with Crippen molar-refractivity contribution in [2.45, 2.75) is 19.8 Å². The van der Waals surface area contributed by atoms with Gasteiger partial charge in [0.05, 0.1) is 26.9 Å². The second-order valence-corrected chi connectivity index (χ2v) is 3.60. The fourth-order valence-corrected chi connectivity index (χ4v) is 1.72. The normalized spacial score (nSPS) is 9.88. The van der Waals surface area contributed by atoms with Crippen molar-refractivity contribution in [2.24, 2.45) is 0 Å². The maximum absolute atomic E-state index is 11.7. The van der Waals surface area contributed by atoms with E-state index in [0.29, 0.717) is 17.1 Å². The molecular weight excluding hydrogens is 220 g/mol. The summed E-state index contributed by atoms with van der Waals surface area (Å²) < 4.78 is 15.2. The summed E-state index contributed by atoms with van der Waals surface area (Å²) in [7, 11) is 4.49. The molecule has 0 aromatic heterocycles. The van der Waals surface area contributed by atoms with Gasteiger partial charge in [0.15, 0.2) is 0 Å². The van der Waals surface area contributed by atoms with Crippen molar-refractivity contribution in [3.8, 4) is 11.5 Å². The topological polar surface area (TPSA) is 44.8 Å². The molecule has 0 fully saturated rings. The maximum Gasteiger partial charge on any atom is 0.338 e. The Morgan fingerprint density at radius 3 is 2.35 bits per heavy atom. The number of rotatable bonds is 5. The van der Waals surface area contributed by atoms with Crippen molar-refractivity contribution in [3.05, 3.63) is 23.3 Å². The Hall–Kier alpha value is -1.71. The van der Waals surface area contributed by atoms with Crippen molar-refractivity contribution in [1.82, 2.24) is 0 Å². The lowest BCUT2D eigenvalue weighted by atomic mass is 10.0. The zero-order valence-electron chi connectivity index (χ0n) is 10.7. The molecule has 17 heavy (non-hydrogen) atoms. The van der Waals surface area contributed by atoms with E-state index < -0.39 is 0 Å². The van der Waals surface area contributed by atoms with Crippen LogP contribution in [0.1, 0.15) is 29.3 Å². The molecule has 0 atom stereocenters. The highest BCUT2D eigenvalue weighted by molar-refractivity contribution is 5.92. The number of ether oxygens (including phenoxy) is 3. The molecule has 0 amide bonds. The smallest absolute Gasteiger partial charge is 0.338 e. The third-order valence-electron chi connectivity index (χ3n) is 2.54. The van der Waals surface area contributed by atoms with E-state index in [4.69, 9.17) is 14.2 Å². The number of hydrogen-bond donors (Lipinski definition) is 0. The van der Waals surface area contributed by atoms with E-state index in [-0.39, 0.29) is 5.97 Å². The predicted octanol–water partition coefficient (Wildman–Crippen LogP) is 2.44. The van der Waals surface area contributed by atoms with Crippen LogP contribution in [0.3, 0.4) is 0 Å². The lowest BCUT2D eigenvalue weighted by molar-refractivity contribution is 0.0598. The molecule has 0 heterocycles. The highest BCUT2D eigenvalue weighted by Gasteiger charge is 2.17. The molecule has 0 N–H and O–H groups in total. The monoisotopic (exact) mass is 238 g/mol. The molecule has 4 nitrogen and oxygen atoms in total. The first-order valence-corrected chi connectivity index (χ1v) is 5.51. The van der Waals surface area contributed by atoms with Gasteiger partial charge in [0, 0.05) is 11.6 Å². The van der Waals surface area contributed by atoms with Gasteiger partial charge in [-0.15, -0.1) is 0 Å². The number of methoxy groups -OCH3 is 3. The minimum Gasteiger partial charge on any atom is -0.497 e. The van der Waals surface area contributed by atoms with E-state index >= 15 is 0 Å². The average molecular weight is 238 g/mol. The second kappa shape index (κ2) is 6.13. The zero-order valence-corrected chi connectivity index (χ0v) is 10.7. The van der Waals surface area contributed by atoms with Gasteiger partial charge < -0.3 is 14.2 Å². The van der Waals surface area contributed by atoms with Gasteiger partial charge in [-0.2, -0.15) is 0 Å². The molecule has 1 rings (SSSR count). The predicted molar refractivity (Wildman–Crippen MR) is 64.9 cm³/mol. The Morgan fingerprint density at radius 1 is 1.18 bits per heavy atom. The van der Waals surface area contributed by atoms with Crippen LogP contribution >= 0.6 is 0 Å². The van der Waals surface area contributed by atoms with Crippen LogP contribution in [-0.2, 0) is 11.2 Å². The number of hydrogen-bond acceptors (Lipinski definition) is 4. The first kappa shape index (κ1) is 13.4. The average Bonchev–Trinajstić information content (AvgIpc) is 2.38. The van der Waals surface area contributed by atoms with Gasteiger partial charge in [-0.05, 0) is 12.5 Å². The van der Waals surface area contributed by atoms with Gasteiger partial charge in [0.25, 0.3) is 0 Å². The van der Waals surface area contributed by atoms with Crippen molar-refractivity contribution in [1.29, 1.82) is 0 Å². The maximum atomic E-state index is 11.7. The second-order valence-electron chi connectivity index (χ2n) is 3.60.